The number of hydrogen-bond acceptors (Lipinski definition) is 1. The second-order valence-corrected chi connectivity index (χ2v) is 5.56. The number of benzene rings is 2. The Morgan fingerprint density at radius 1 is 0.950 bits per heavy atom. The monoisotopic (exact) mass is 261 g/mol. The molecule has 1 heterocycles. The molecular formula is C19H19N. The fraction of sp³-hybridized carbons (Fsp3) is 0.158. The summed E-state index contributed by atoms with van der Waals surface area (Å²) in [5.41, 5.74) is 4.78. The summed E-state index contributed by atoms with van der Waals surface area (Å²) in [6.07, 6.45) is 3.11. The number of allylic oxidation sites excluding steroid dienone is 1. The minimum atomic E-state index is -0.0989. The maximum atomic E-state index is 4.12. The summed E-state index contributed by atoms with van der Waals surface area (Å²) in [5.74, 6) is 0. The van der Waals surface area contributed by atoms with E-state index < -0.39 is 0 Å². The van der Waals surface area contributed by atoms with Crippen molar-refractivity contribution in [2.45, 2.75) is 18.9 Å². The summed E-state index contributed by atoms with van der Waals surface area (Å²) in [6.45, 7) is 6.36. The zero-order valence-corrected chi connectivity index (χ0v) is 11.8. The third-order valence-electron chi connectivity index (χ3n) is 3.88. The maximum Gasteiger partial charge on any atom is 0.0637 e. The molecule has 2 aromatic carbocycles. The molecule has 1 aliphatic heterocycles. The van der Waals surface area contributed by atoms with Gasteiger partial charge in [0.25, 0.3) is 0 Å². The van der Waals surface area contributed by atoms with E-state index in [1.165, 1.54) is 16.7 Å². The Balaban J connectivity index is 1.99. The smallest absolute Gasteiger partial charge is 0.0637 e. The lowest BCUT2D eigenvalue weighted by molar-refractivity contribution is 0.411. The van der Waals surface area contributed by atoms with Crippen LogP contribution in [0.4, 0.5) is 0 Å². The van der Waals surface area contributed by atoms with E-state index >= 15 is 0 Å². The topological polar surface area (TPSA) is 12.0 Å². The fourth-order valence-electron chi connectivity index (χ4n) is 2.89. The minimum Gasteiger partial charge on any atom is -0.376 e. The fourth-order valence-corrected chi connectivity index (χ4v) is 2.89. The largest absolute Gasteiger partial charge is 0.376 e. The predicted octanol–water partition coefficient (Wildman–Crippen LogP) is 4.49. The molecule has 0 bridgehead atoms. The Labute approximate surface area is 120 Å². The lowest BCUT2D eigenvalue weighted by atomic mass is 9.80. The standard InChI is InChI=1S/C19H19N/c1-15-13-17(16-9-5-3-6-10-16)14-19(2,20-15)18-11-7-4-8-12-18/h3-13,20H,1,14H2,2H3. The molecule has 0 spiro atoms. The van der Waals surface area contributed by atoms with E-state index in [-0.39, 0.29) is 5.54 Å². The zero-order valence-electron chi connectivity index (χ0n) is 11.8. The van der Waals surface area contributed by atoms with Gasteiger partial charge in [0, 0.05) is 12.1 Å². The van der Waals surface area contributed by atoms with Crippen molar-refractivity contribution in [2.75, 3.05) is 0 Å². The van der Waals surface area contributed by atoms with E-state index in [2.05, 4.69) is 85.6 Å². The van der Waals surface area contributed by atoms with Gasteiger partial charge in [0.05, 0.1) is 5.54 Å². The van der Waals surface area contributed by atoms with Gasteiger partial charge in [-0.1, -0.05) is 67.2 Å². The van der Waals surface area contributed by atoms with Crippen LogP contribution in [0.5, 0.6) is 0 Å². The molecule has 3 rings (SSSR count). The van der Waals surface area contributed by atoms with Gasteiger partial charge >= 0.3 is 0 Å². The van der Waals surface area contributed by atoms with Crippen LogP contribution in [0.2, 0.25) is 0 Å². The highest BCUT2D eigenvalue weighted by molar-refractivity contribution is 5.70. The Morgan fingerprint density at radius 2 is 1.55 bits per heavy atom. The van der Waals surface area contributed by atoms with Crippen LogP contribution in [0, 0.1) is 0 Å². The van der Waals surface area contributed by atoms with E-state index in [0.29, 0.717) is 0 Å². The first-order valence-corrected chi connectivity index (χ1v) is 6.96. The van der Waals surface area contributed by atoms with E-state index in [4.69, 9.17) is 0 Å². The Morgan fingerprint density at radius 3 is 2.20 bits per heavy atom. The van der Waals surface area contributed by atoms with Gasteiger partial charge in [0.2, 0.25) is 0 Å². The van der Waals surface area contributed by atoms with Crippen molar-refractivity contribution in [1.29, 1.82) is 0 Å². The van der Waals surface area contributed by atoms with E-state index in [0.717, 1.165) is 12.1 Å². The van der Waals surface area contributed by atoms with Crippen LogP contribution in [0.15, 0.2) is 79.0 Å². The van der Waals surface area contributed by atoms with Crippen LogP contribution in [-0.2, 0) is 5.54 Å². The van der Waals surface area contributed by atoms with E-state index in [1.54, 1.807) is 0 Å². The lowest BCUT2D eigenvalue weighted by Crippen LogP contribution is -2.40. The molecule has 2 aromatic rings. The second-order valence-electron chi connectivity index (χ2n) is 5.56. The predicted molar refractivity (Wildman–Crippen MR) is 85.1 cm³/mol. The zero-order chi connectivity index (χ0) is 14.0. The summed E-state index contributed by atoms with van der Waals surface area (Å²) < 4.78 is 0. The van der Waals surface area contributed by atoms with Gasteiger partial charge in [0.15, 0.2) is 0 Å². The highest BCUT2D eigenvalue weighted by atomic mass is 15.0. The van der Waals surface area contributed by atoms with Crippen LogP contribution in [0.1, 0.15) is 24.5 Å². The molecule has 20 heavy (non-hydrogen) atoms. The first kappa shape index (κ1) is 12.7. The second kappa shape index (κ2) is 5.01. The Bertz CT molecular complexity index is 640. The number of hydrogen-bond donors (Lipinski definition) is 1. The van der Waals surface area contributed by atoms with Crippen molar-refractivity contribution in [3.63, 3.8) is 0 Å². The summed E-state index contributed by atoms with van der Waals surface area (Å²) in [6, 6.07) is 21.1. The van der Waals surface area contributed by atoms with Gasteiger partial charge < -0.3 is 5.32 Å². The molecule has 0 aliphatic carbocycles. The van der Waals surface area contributed by atoms with Crippen molar-refractivity contribution in [1.82, 2.24) is 5.32 Å². The van der Waals surface area contributed by atoms with Crippen molar-refractivity contribution in [3.05, 3.63) is 90.1 Å². The molecule has 0 saturated carbocycles. The van der Waals surface area contributed by atoms with Gasteiger partial charge in [-0.15, -0.1) is 0 Å². The molecular weight excluding hydrogens is 242 g/mol. The van der Waals surface area contributed by atoms with Crippen molar-refractivity contribution in [2.24, 2.45) is 0 Å². The lowest BCUT2D eigenvalue weighted by Gasteiger charge is -2.37. The molecule has 0 fully saturated rings. The molecule has 1 aliphatic rings. The normalized spacial score (nSPS) is 22.1. The minimum absolute atomic E-state index is 0.0989. The number of rotatable bonds is 2. The molecule has 0 saturated heterocycles. The van der Waals surface area contributed by atoms with Crippen LogP contribution in [0.3, 0.4) is 0 Å². The Kier molecular flexibility index (Phi) is 3.19. The van der Waals surface area contributed by atoms with Crippen molar-refractivity contribution < 1.29 is 0 Å². The van der Waals surface area contributed by atoms with Crippen molar-refractivity contribution in [3.8, 4) is 0 Å². The van der Waals surface area contributed by atoms with Gasteiger partial charge in [0.1, 0.15) is 0 Å². The molecule has 1 atom stereocenters. The first-order chi connectivity index (χ1) is 9.67. The summed E-state index contributed by atoms with van der Waals surface area (Å²) >= 11 is 0. The number of nitrogens with one attached hydrogen (secondary N) is 1. The molecule has 1 N–H and O–H groups in total. The molecule has 0 radical (unpaired) electrons. The highest BCUT2D eigenvalue weighted by Crippen LogP contribution is 2.37. The molecule has 100 valence electrons. The average Bonchev–Trinajstić information content (AvgIpc) is 2.48. The summed E-state index contributed by atoms with van der Waals surface area (Å²) in [7, 11) is 0. The maximum absolute atomic E-state index is 4.12. The molecule has 1 heteroatoms. The van der Waals surface area contributed by atoms with E-state index in [9.17, 15) is 0 Å². The molecule has 1 nitrogen and oxygen atoms in total. The third kappa shape index (κ3) is 2.39. The average molecular weight is 261 g/mol. The first-order valence-electron chi connectivity index (χ1n) is 6.96. The Hall–Kier alpha value is -2.28. The third-order valence-corrected chi connectivity index (χ3v) is 3.88. The van der Waals surface area contributed by atoms with Gasteiger partial charge in [-0.05, 0) is 29.7 Å². The van der Waals surface area contributed by atoms with Crippen molar-refractivity contribution >= 4 is 5.57 Å². The van der Waals surface area contributed by atoms with Crippen LogP contribution in [-0.4, -0.2) is 0 Å². The molecule has 1 unspecified atom stereocenters. The van der Waals surface area contributed by atoms with Gasteiger partial charge in [-0.3, -0.25) is 0 Å². The van der Waals surface area contributed by atoms with Crippen LogP contribution in [0.25, 0.3) is 5.57 Å². The summed E-state index contributed by atoms with van der Waals surface area (Å²) in [4.78, 5) is 0. The van der Waals surface area contributed by atoms with Crippen LogP contribution >= 0.6 is 0 Å². The van der Waals surface area contributed by atoms with Gasteiger partial charge in [-0.2, -0.15) is 0 Å². The van der Waals surface area contributed by atoms with Gasteiger partial charge in [-0.25, -0.2) is 0 Å². The van der Waals surface area contributed by atoms with E-state index in [1.807, 2.05) is 0 Å². The highest BCUT2D eigenvalue weighted by Gasteiger charge is 2.31. The molecule has 0 aromatic heterocycles. The SMILES string of the molecule is C=C1C=C(c2ccccc2)CC(C)(c2ccccc2)N1. The van der Waals surface area contributed by atoms with Crippen LogP contribution < -0.4 is 5.32 Å². The quantitative estimate of drug-likeness (QED) is 0.839. The molecule has 0 amide bonds. The summed E-state index contributed by atoms with van der Waals surface area (Å²) in [5, 5.41) is 3.54.